The summed E-state index contributed by atoms with van der Waals surface area (Å²) in [7, 11) is 1.72. The smallest absolute Gasteiger partial charge is 0.191 e. The standard InChI is InChI=1S/C20H36N4O/c1-7-21-20(22-12-13-24(16(2)3)17(4)5)23-14-18-10-8-9-11-19(18)15-25-6/h8-11,16-17H,7,12-15H2,1-6H3,(H2,21,22,23). The van der Waals surface area contributed by atoms with E-state index in [1.54, 1.807) is 7.11 Å². The molecular formula is C20H36N4O. The summed E-state index contributed by atoms with van der Waals surface area (Å²) < 4.78 is 5.27. The lowest BCUT2D eigenvalue weighted by Gasteiger charge is -2.30. The Morgan fingerprint density at radius 3 is 2.28 bits per heavy atom. The number of methoxy groups -OCH3 is 1. The Morgan fingerprint density at radius 1 is 1.08 bits per heavy atom. The van der Waals surface area contributed by atoms with Crippen LogP contribution in [0.25, 0.3) is 0 Å². The van der Waals surface area contributed by atoms with E-state index < -0.39 is 0 Å². The molecule has 0 aliphatic carbocycles. The number of nitrogens with zero attached hydrogens (tertiary/aromatic N) is 2. The van der Waals surface area contributed by atoms with E-state index in [-0.39, 0.29) is 0 Å². The predicted octanol–water partition coefficient (Wildman–Crippen LogP) is 3.01. The Balaban J connectivity index is 2.65. The van der Waals surface area contributed by atoms with E-state index in [0.717, 1.165) is 25.6 Å². The van der Waals surface area contributed by atoms with Gasteiger partial charge in [0.2, 0.25) is 0 Å². The number of ether oxygens (including phenoxy) is 1. The molecule has 0 radical (unpaired) electrons. The van der Waals surface area contributed by atoms with E-state index in [9.17, 15) is 0 Å². The molecule has 0 unspecified atom stereocenters. The second kappa shape index (κ2) is 11.9. The first-order chi connectivity index (χ1) is 12.0. The molecule has 0 saturated heterocycles. The van der Waals surface area contributed by atoms with Crippen molar-refractivity contribution < 1.29 is 4.74 Å². The van der Waals surface area contributed by atoms with E-state index >= 15 is 0 Å². The Bertz CT molecular complexity index is 506. The van der Waals surface area contributed by atoms with Gasteiger partial charge in [-0.15, -0.1) is 0 Å². The van der Waals surface area contributed by atoms with Gasteiger partial charge in [-0.05, 0) is 45.7 Å². The highest BCUT2D eigenvalue weighted by Gasteiger charge is 2.12. The number of guanidine groups is 1. The molecule has 5 nitrogen and oxygen atoms in total. The summed E-state index contributed by atoms with van der Waals surface area (Å²) in [4.78, 5) is 7.21. The Morgan fingerprint density at radius 2 is 1.72 bits per heavy atom. The number of aliphatic imine (C=N–C) groups is 1. The van der Waals surface area contributed by atoms with E-state index in [1.165, 1.54) is 11.1 Å². The molecule has 25 heavy (non-hydrogen) atoms. The summed E-state index contributed by atoms with van der Waals surface area (Å²) in [6, 6.07) is 9.38. The Kier molecular flexibility index (Phi) is 10.2. The van der Waals surface area contributed by atoms with Gasteiger partial charge in [0.05, 0.1) is 13.2 Å². The number of benzene rings is 1. The van der Waals surface area contributed by atoms with Crippen molar-refractivity contribution in [2.24, 2.45) is 4.99 Å². The minimum absolute atomic E-state index is 0.544. The maximum Gasteiger partial charge on any atom is 0.191 e. The Labute approximate surface area is 153 Å². The lowest BCUT2D eigenvalue weighted by molar-refractivity contribution is 0.178. The molecule has 142 valence electrons. The lowest BCUT2D eigenvalue weighted by atomic mass is 10.1. The van der Waals surface area contributed by atoms with Crippen LogP contribution >= 0.6 is 0 Å². The zero-order valence-corrected chi connectivity index (χ0v) is 16.8. The molecule has 0 amide bonds. The van der Waals surface area contributed by atoms with Crippen molar-refractivity contribution >= 4 is 5.96 Å². The van der Waals surface area contributed by atoms with Crippen LogP contribution in [0.3, 0.4) is 0 Å². The van der Waals surface area contributed by atoms with Gasteiger partial charge in [0.15, 0.2) is 5.96 Å². The fraction of sp³-hybridized carbons (Fsp3) is 0.650. The van der Waals surface area contributed by atoms with Crippen LogP contribution in [0.2, 0.25) is 0 Å². The molecule has 1 aromatic rings. The summed E-state index contributed by atoms with van der Waals surface area (Å²) in [5.41, 5.74) is 2.39. The van der Waals surface area contributed by atoms with Crippen molar-refractivity contribution in [3.63, 3.8) is 0 Å². The third-order valence-corrected chi connectivity index (χ3v) is 4.16. The van der Waals surface area contributed by atoms with Gasteiger partial charge in [-0.1, -0.05) is 24.3 Å². The van der Waals surface area contributed by atoms with Gasteiger partial charge < -0.3 is 15.4 Å². The minimum atomic E-state index is 0.544. The molecule has 0 aliphatic rings. The highest BCUT2D eigenvalue weighted by Crippen LogP contribution is 2.11. The molecule has 0 bridgehead atoms. The van der Waals surface area contributed by atoms with Crippen LogP contribution in [0.4, 0.5) is 0 Å². The first-order valence-electron chi connectivity index (χ1n) is 9.33. The number of hydrogen-bond donors (Lipinski definition) is 2. The summed E-state index contributed by atoms with van der Waals surface area (Å²) >= 11 is 0. The normalized spacial score (nSPS) is 12.3. The summed E-state index contributed by atoms with van der Waals surface area (Å²) in [5.74, 6) is 0.863. The third-order valence-electron chi connectivity index (χ3n) is 4.16. The fourth-order valence-electron chi connectivity index (χ4n) is 2.93. The fourth-order valence-corrected chi connectivity index (χ4v) is 2.93. The lowest BCUT2D eigenvalue weighted by Crippen LogP contribution is -2.45. The molecule has 1 rings (SSSR count). The van der Waals surface area contributed by atoms with E-state index in [0.29, 0.717) is 25.2 Å². The molecule has 5 heteroatoms. The zero-order valence-electron chi connectivity index (χ0n) is 16.8. The van der Waals surface area contributed by atoms with Gasteiger partial charge in [-0.2, -0.15) is 0 Å². The molecule has 0 fully saturated rings. The van der Waals surface area contributed by atoms with Crippen LogP contribution in [-0.2, 0) is 17.9 Å². The number of rotatable bonds is 10. The van der Waals surface area contributed by atoms with Crippen molar-refractivity contribution in [3.8, 4) is 0 Å². The summed E-state index contributed by atoms with van der Waals surface area (Å²) in [5, 5.41) is 6.77. The summed E-state index contributed by atoms with van der Waals surface area (Å²) in [6.45, 7) is 15.0. The van der Waals surface area contributed by atoms with Crippen molar-refractivity contribution in [2.75, 3.05) is 26.7 Å². The molecule has 0 aliphatic heterocycles. The van der Waals surface area contributed by atoms with Gasteiger partial charge >= 0.3 is 0 Å². The highest BCUT2D eigenvalue weighted by molar-refractivity contribution is 5.79. The first kappa shape index (κ1) is 21.5. The summed E-state index contributed by atoms with van der Waals surface area (Å²) in [6.07, 6.45) is 0. The van der Waals surface area contributed by atoms with Gasteiger partial charge in [0.1, 0.15) is 0 Å². The van der Waals surface area contributed by atoms with Gasteiger partial charge in [-0.3, -0.25) is 4.90 Å². The minimum Gasteiger partial charge on any atom is -0.380 e. The van der Waals surface area contributed by atoms with Crippen LogP contribution in [0.1, 0.15) is 45.7 Å². The molecule has 1 aromatic carbocycles. The van der Waals surface area contributed by atoms with Crippen LogP contribution < -0.4 is 10.6 Å². The number of hydrogen-bond acceptors (Lipinski definition) is 3. The van der Waals surface area contributed by atoms with Crippen molar-refractivity contribution in [1.82, 2.24) is 15.5 Å². The highest BCUT2D eigenvalue weighted by atomic mass is 16.5. The van der Waals surface area contributed by atoms with Gasteiger partial charge in [0, 0.05) is 38.8 Å². The van der Waals surface area contributed by atoms with Crippen LogP contribution in [0.15, 0.2) is 29.3 Å². The predicted molar refractivity (Wildman–Crippen MR) is 107 cm³/mol. The molecule has 0 atom stereocenters. The second-order valence-corrected chi connectivity index (χ2v) is 6.75. The van der Waals surface area contributed by atoms with E-state index in [4.69, 9.17) is 9.73 Å². The van der Waals surface area contributed by atoms with Crippen LogP contribution in [0.5, 0.6) is 0 Å². The quantitative estimate of drug-likeness (QED) is 0.504. The second-order valence-electron chi connectivity index (χ2n) is 6.75. The molecular weight excluding hydrogens is 312 g/mol. The SMILES string of the molecule is CCNC(=NCc1ccccc1COC)NCCN(C(C)C)C(C)C. The van der Waals surface area contributed by atoms with Crippen molar-refractivity contribution in [3.05, 3.63) is 35.4 Å². The third kappa shape index (κ3) is 7.88. The van der Waals surface area contributed by atoms with Crippen LogP contribution in [-0.4, -0.2) is 49.7 Å². The molecule has 0 spiro atoms. The topological polar surface area (TPSA) is 48.9 Å². The Hall–Kier alpha value is -1.59. The first-order valence-corrected chi connectivity index (χ1v) is 9.33. The average molecular weight is 349 g/mol. The van der Waals surface area contributed by atoms with Crippen LogP contribution in [0, 0.1) is 0 Å². The molecule has 0 aromatic heterocycles. The monoisotopic (exact) mass is 348 g/mol. The van der Waals surface area contributed by atoms with E-state index in [1.807, 2.05) is 12.1 Å². The van der Waals surface area contributed by atoms with E-state index in [2.05, 4.69) is 62.3 Å². The van der Waals surface area contributed by atoms with Gasteiger partial charge in [-0.25, -0.2) is 4.99 Å². The van der Waals surface area contributed by atoms with Gasteiger partial charge in [0.25, 0.3) is 0 Å². The number of nitrogens with one attached hydrogen (secondary N) is 2. The van der Waals surface area contributed by atoms with Crippen molar-refractivity contribution in [1.29, 1.82) is 0 Å². The largest absolute Gasteiger partial charge is 0.380 e. The molecule has 2 N–H and O–H groups in total. The van der Waals surface area contributed by atoms with Crippen molar-refractivity contribution in [2.45, 2.75) is 59.9 Å². The maximum absolute atomic E-state index is 5.27. The zero-order chi connectivity index (χ0) is 18.7. The average Bonchev–Trinajstić information content (AvgIpc) is 2.57. The maximum atomic E-state index is 5.27. The molecule has 0 heterocycles. The molecule has 0 saturated carbocycles.